The molecule has 0 aliphatic heterocycles. The highest BCUT2D eigenvalue weighted by atomic mass is 35.5. The average Bonchev–Trinajstić information content (AvgIpc) is 2.66. The molecule has 1 aromatic heterocycles. The van der Waals surface area contributed by atoms with Crippen LogP contribution in [0.25, 0.3) is 0 Å². The van der Waals surface area contributed by atoms with E-state index in [1.807, 2.05) is 0 Å². The molecule has 0 atom stereocenters. The molecule has 1 heterocycles. The zero-order chi connectivity index (χ0) is 18.4. The Morgan fingerprint density at radius 3 is 2.85 bits per heavy atom. The third kappa shape index (κ3) is 5.05. The second-order valence-corrected chi connectivity index (χ2v) is 6.74. The van der Waals surface area contributed by atoms with E-state index in [2.05, 4.69) is 21.7 Å². The summed E-state index contributed by atoms with van der Waals surface area (Å²) in [6.45, 7) is 0.812. The zero-order valence-electron chi connectivity index (χ0n) is 14.4. The zero-order valence-corrected chi connectivity index (χ0v) is 15.2. The topological polar surface area (TPSA) is 54.0 Å². The van der Waals surface area contributed by atoms with Crippen LogP contribution >= 0.6 is 11.6 Å². The van der Waals surface area contributed by atoms with Gasteiger partial charge in [0.05, 0.1) is 16.3 Å². The molecule has 1 aromatic carbocycles. The Bertz CT molecular complexity index is 822. The standard InChI is InChI=1S/C20H21ClFN3O/c21-18-11-16(6-7-19(18)22)25-20(26)15-10-17(13-23-12-15)24-9-8-14-4-2-1-3-5-14/h4,6-7,10-13,24H,1-3,5,8-9H2,(H,25,26). The van der Waals surface area contributed by atoms with E-state index in [9.17, 15) is 9.18 Å². The summed E-state index contributed by atoms with van der Waals surface area (Å²) in [7, 11) is 0. The number of anilines is 2. The number of nitrogens with zero attached hydrogens (tertiary/aromatic N) is 1. The van der Waals surface area contributed by atoms with Gasteiger partial charge in [-0.2, -0.15) is 0 Å². The maximum Gasteiger partial charge on any atom is 0.257 e. The number of amides is 1. The maximum atomic E-state index is 13.2. The molecule has 1 aliphatic carbocycles. The number of aromatic nitrogens is 1. The molecule has 2 N–H and O–H groups in total. The number of nitrogens with one attached hydrogen (secondary N) is 2. The van der Waals surface area contributed by atoms with Crippen molar-refractivity contribution in [1.29, 1.82) is 0 Å². The number of pyridine rings is 1. The smallest absolute Gasteiger partial charge is 0.257 e. The monoisotopic (exact) mass is 373 g/mol. The summed E-state index contributed by atoms with van der Waals surface area (Å²) in [6, 6.07) is 5.81. The number of benzene rings is 1. The molecular weight excluding hydrogens is 353 g/mol. The van der Waals surface area contributed by atoms with Crippen LogP contribution < -0.4 is 10.6 Å². The van der Waals surface area contributed by atoms with Crippen LogP contribution in [0.1, 0.15) is 42.5 Å². The third-order valence-corrected chi connectivity index (χ3v) is 4.63. The van der Waals surface area contributed by atoms with Crippen LogP contribution in [0.4, 0.5) is 15.8 Å². The molecule has 3 rings (SSSR count). The fourth-order valence-electron chi connectivity index (χ4n) is 2.94. The molecule has 1 aliphatic rings. The largest absolute Gasteiger partial charge is 0.383 e. The van der Waals surface area contributed by atoms with Crippen molar-refractivity contribution in [2.45, 2.75) is 32.1 Å². The van der Waals surface area contributed by atoms with Crippen LogP contribution in [0.2, 0.25) is 5.02 Å². The van der Waals surface area contributed by atoms with Gasteiger partial charge in [-0.05, 0) is 56.4 Å². The van der Waals surface area contributed by atoms with E-state index in [-0.39, 0.29) is 10.9 Å². The Morgan fingerprint density at radius 1 is 1.19 bits per heavy atom. The lowest BCUT2D eigenvalue weighted by molar-refractivity contribution is 0.102. The molecule has 136 valence electrons. The van der Waals surface area contributed by atoms with Crippen molar-refractivity contribution in [3.63, 3.8) is 0 Å². The highest BCUT2D eigenvalue weighted by Crippen LogP contribution is 2.21. The summed E-state index contributed by atoms with van der Waals surface area (Å²) in [5.74, 6) is -0.843. The summed E-state index contributed by atoms with van der Waals surface area (Å²) >= 11 is 5.74. The van der Waals surface area contributed by atoms with Crippen LogP contribution in [0.5, 0.6) is 0 Å². The molecule has 2 aromatic rings. The molecule has 0 saturated carbocycles. The van der Waals surface area contributed by atoms with Gasteiger partial charge in [0.15, 0.2) is 0 Å². The number of carbonyl (C=O) groups excluding carboxylic acids is 1. The summed E-state index contributed by atoms with van der Waals surface area (Å²) in [5.41, 5.74) is 3.15. The van der Waals surface area contributed by atoms with Crippen LogP contribution in [-0.4, -0.2) is 17.4 Å². The van der Waals surface area contributed by atoms with Crippen LogP contribution in [0, 0.1) is 5.82 Å². The quantitative estimate of drug-likeness (QED) is 0.664. The van der Waals surface area contributed by atoms with Gasteiger partial charge in [0.2, 0.25) is 0 Å². The fraction of sp³-hybridized carbons (Fsp3) is 0.300. The number of hydrogen-bond donors (Lipinski definition) is 2. The Hall–Kier alpha value is -2.40. The van der Waals surface area contributed by atoms with Gasteiger partial charge in [0, 0.05) is 24.6 Å². The van der Waals surface area contributed by atoms with Crippen molar-refractivity contribution in [2.75, 3.05) is 17.2 Å². The van der Waals surface area contributed by atoms with Crippen molar-refractivity contribution >= 4 is 28.9 Å². The molecule has 0 bridgehead atoms. The normalized spacial score (nSPS) is 13.8. The number of rotatable bonds is 6. The van der Waals surface area contributed by atoms with Gasteiger partial charge in [-0.25, -0.2) is 4.39 Å². The molecule has 0 unspecified atom stereocenters. The minimum absolute atomic E-state index is 0.0339. The van der Waals surface area contributed by atoms with E-state index in [4.69, 9.17) is 11.6 Å². The SMILES string of the molecule is O=C(Nc1ccc(F)c(Cl)c1)c1cncc(NCCC2=CCCCC2)c1. The molecular formula is C20H21ClFN3O. The molecule has 4 nitrogen and oxygen atoms in total. The van der Waals surface area contributed by atoms with E-state index >= 15 is 0 Å². The van der Waals surface area contributed by atoms with E-state index in [0.717, 1.165) is 18.7 Å². The molecule has 0 fully saturated rings. The van der Waals surface area contributed by atoms with Gasteiger partial charge in [0.1, 0.15) is 5.82 Å². The summed E-state index contributed by atoms with van der Waals surface area (Å²) in [5, 5.41) is 5.97. The van der Waals surface area contributed by atoms with E-state index in [1.54, 1.807) is 12.3 Å². The van der Waals surface area contributed by atoms with Crippen molar-refractivity contribution in [3.05, 3.63) is 64.7 Å². The minimum atomic E-state index is -0.523. The summed E-state index contributed by atoms with van der Waals surface area (Å²) < 4.78 is 13.2. The number of allylic oxidation sites excluding steroid dienone is 1. The van der Waals surface area contributed by atoms with E-state index < -0.39 is 5.82 Å². The van der Waals surface area contributed by atoms with Crippen molar-refractivity contribution in [3.8, 4) is 0 Å². The lowest BCUT2D eigenvalue weighted by atomic mass is 9.97. The molecule has 0 saturated heterocycles. The van der Waals surface area contributed by atoms with Crippen LogP contribution in [0.15, 0.2) is 48.3 Å². The Morgan fingerprint density at radius 2 is 2.08 bits per heavy atom. The molecule has 0 spiro atoms. The predicted molar refractivity (Wildman–Crippen MR) is 103 cm³/mol. The first kappa shape index (κ1) is 18.4. The molecule has 6 heteroatoms. The first-order chi connectivity index (χ1) is 12.6. The van der Waals surface area contributed by atoms with Crippen molar-refractivity contribution in [2.24, 2.45) is 0 Å². The van der Waals surface area contributed by atoms with Gasteiger partial charge in [0.25, 0.3) is 5.91 Å². The number of halogens is 2. The maximum absolute atomic E-state index is 13.2. The first-order valence-electron chi connectivity index (χ1n) is 8.75. The Balaban J connectivity index is 1.58. The van der Waals surface area contributed by atoms with Crippen molar-refractivity contribution in [1.82, 2.24) is 4.98 Å². The van der Waals surface area contributed by atoms with Crippen LogP contribution in [-0.2, 0) is 0 Å². The van der Waals surface area contributed by atoms with Gasteiger partial charge < -0.3 is 10.6 Å². The van der Waals surface area contributed by atoms with Crippen LogP contribution in [0.3, 0.4) is 0 Å². The Kier molecular flexibility index (Phi) is 6.23. The lowest BCUT2D eigenvalue weighted by Gasteiger charge is -2.13. The predicted octanol–water partition coefficient (Wildman–Crippen LogP) is 5.43. The lowest BCUT2D eigenvalue weighted by Crippen LogP contribution is -2.13. The minimum Gasteiger partial charge on any atom is -0.383 e. The summed E-state index contributed by atoms with van der Waals surface area (Å²) in [6.07, 6.45) is 11.5. The van der Waals surface area contributed by atoms with Gasteiger partial charge >= 0.3 is 0 Å². The van der Waals surface area contributed by atoms with E-state index in [0.29, 0.717) is 11.3 Å². The fourth-order valence-corrected chi connectivity index (χ4v) is 3.12. The number of hydrogen-bond acceptors (Lipinski definition) is 3. The molecule has 1 amide bonds. The molecule has 0 radical (unpaired) electrons. The van der Waals surface area contributed by atoms with Gasteiger partial charge in [-0.3, -0.25) is 9.78 Å². The van der Waals surface area contributed by atoms with E-state index in [1.165, 1.54) is 55.7 Å². The highest BCUT2D eigenvalue weighted by Gasteiger charge is 2.09. The second kappa shape index (κ2) is 8.81. The highest BCUT2D eigenvalue weighted by molar-refractivity contribution is 6.31. The summed E-state index contributed by atoms with van der Waals surface area (Å²) in [4.78, 5) is 16.5. The average molecular weight is 374 g/mol. The third-order valence-electron chi connectivity index (χ3n) is 4.34. The Labute approximate surface area is 157 Å². The second-order valence-electron chi connectivity index (χ2n) is 6.33. The van der Waals surface area contributed by atoms with Gasteiger partial charge in [-0.1, -0.05) is 23.3 Å². The molecule has 26 heavy (non-hydrogen) atoms. The first-order valence-corrected chi connectivity index (χ1v) is 9.13. The van der Waals surface area contributed by atoms with Crippen molar-refractivity contribution < 1.29 is 9.18 Å². The number of carbonyl (C=O) groups is 1. The van der Waals surface area contributed by atoms with Gasteiger partial charge in [-0.15, -0.1) is 0 Å².